The zero-order chi connectivity index (χ0) is 31.5. The minimum atomic E-state index is -1.19. The SMILES string of the molecule is C=CCCC(NC(=O)[C@@H]1[C@@H]2[C@H](CN1C(=O)[C@@H](NC(=O)OC(C)(C)C)C(C)(C)C)C2(C)C)C(=O)C(=O)NCCC(=O)O. The third kappa shape index (κ3) is 8.53. The first kappa shape index (κ1) is 33.8. The maximum absolute atomic E-state index is 13.9. The molecule has 0 aromatic heterocycles. The number of nitrogens with one attached hydrogen (secondary N) is 3. The van der Waals surface area contributed by atoms with Crippen molar-refractivity contribution in [1.29, 1.82) is 0 Å². The van der Waals surface area contributed by atoms with Crippen molar-refractivity contribution in [2.45, 2.75) is 98.4 Å². The molecule has 230 valence electrons. The number of alkyl carbamates (subject to hydrolysis) is 1. The number of Topliss-reactive ketones (excluding diaryl/α,β-unsaturated/α-hetero) is 1. The third-order valence-electron chi connectivity index (χ3n) is 7.67. The van der Waals surface area contributed by atoms with Crippen molar-refractivity contribution in [2.75, 3.05) is 13.1 Å². The Morgan fingerprint density at radius 3 is 2.20 bits per heavy atom. The summed E-state index contributed by atoms with van der Waals surface area (Å²) < 4.78 is 5.38. The highest BCUT2D eigenvalue weighted by Gasteiger charge is 2.70. The Morgan fingerprint density at radius 2 is 1.68 bits per heavy atom. The molecule has 1 aliphatic heterocycles. The molecule has 1 unspecified atom stereocenters. The van der Waals surface area contributed by atoms with E-state index in [0.717, 1.165) is 0 Å². The van der Waals surface area contributed by atoms with Crippen LogP contribution in [0.1, 0.15) is 74.7 Å². The molecule has 41 heavy (non-hydrogen) atoms. The largest absolute Gasteiger partial charge is 0.481 e. The maximum Gasteiger partial charge on any atom is 0.408 e. The van der Waals surface area contributed by atoms with Gasteiger partial charge in [-0.1, -0.05) is 40.7 Å². The molecule has 0 aromatic carbocycles. The van der Waals surface area contributed by atoms with Crippen molar-refractivity contribution >= 4 is 35.6 Å². The van der Waals surface area contributed by atoms with Crippen LogP contribution in [0.3, 0.4) is 0 Å². The van der Waals surface area contributed by atoms with Gasteiger partial charge in [-0.3, -0.25) is 24.0 Å². The Kier molecular flexibility index (Phi) is 10.4. The van der Waals surface area contributed by atoms with Crippen molar-refractivity contribution < 1.29 is 38.6 Å². The van der Waals surface area contributed by atoms with Crippen molar-refractivity contribution in [3.8, 4) is 0 Å². The van der Waals surface area contributed by atoms with Gasteiger partial charge in [0.15, 0.2) is 0 Å². The zero-order valence-corrected chi connectivity index (χ0v) is 25.5. The van der Waals surface area contributed by atoms with E-state index in [2.05, 4.69) is 22.5 Å². The highest BCUT2D eigenvalue weighted by molar-refractivity contribution is 6.38. The summed E-state index contributed by atoms with van der Waals surface area (Å²) in [5, 5.41) is 16.4. The summed E-state index contributed by atoms with van der Waals surface area (Å²) in [6, 6.07) is -3.10. The van der Waals surface area contributed by atoms with Crippen LogP contribution in [0.25, 0.3) is 0 Å². The van der Waals surface area contributed by atoms with Gasteiger partial charge in [-0.25, -0.2) is 4.79 Å². The van der Waals surface area contributed by atoms with Crippen LogP contribution in [0.2, 0.25) is 0 Å². The Hall–Kier alpha value is -3.44. The van der Waals surface area contributed by atoms with E-state index < -0.39 is 64.7 Å². The fourth-order valence-electron chi connectivity index (χ4n) is 5.39. The van der Waals surface area contributed by atoms with E-state index in [1.54, 1.807) is 47.6 Å². The van der Waals surface area contributed by atoms with Gasteiger partial charge >= 0.3 is 12.1 Å². The van der Waals surface area contributed by atoms with E-state index in [9.17, 15) is 28.8 Å². The topological polar surface area (TPSA) is 171 Å². The molecule has 0 radical (unpaired) electrons. The summed E-state index contributed by atoms with van der Waals surface area (Å²) >= 11 is 0. The lowest BCUT2D eigenvalue weighted by Gasteiger charge is -2.38. The molecule has 5 atom stereocenters. The van der Waals surface area contributed by atoms with Crippen LogP contribution in [-0.4, -0.2) is 82.4 Å². The molecule has 0 bridgehead atoms. The Balaban J connectivity index is 2.29. The predicted octanol–water partition coefficient (Wildman–Crippen LogP) is 2.02. The number of carbonyl (C=O) groups excluding carboxylic acids is 5. The number of carbonyl (C=O) groups is 6. The number of aliphatic carboxylic acids is 1. The first-order valence-electron chi connectivity index (χ1n) is 14.0. The van der Waals surface area contributed by atoms with Crippen molar-refractivity contribution in [3.05, 3.63) is 12.7 Å². The molecule has 1 heterocycles. The van der Waals surface area contributed by atoms with Crippen molar-refractivity contribution in [2.24, 2.45) is 22.7 Å². The highest BCUT2D eigenvalue weighted by atomic mass is 16.6. The normalized spacial score (nSPS) is 22.4. The van der Waals surface area contributed by atoms with E-state index in [1.807, 2.05) is 13.8 Å². The molecule has 0 aromatic rings. The lowest BCUT2D eigenvalue weighted by molar-refractivity contribution is -0.145. The van der Waals surface area contributed by atoms with Gasteiger partial charge in [0.25, 0.3) is 5.91 Å². The number of amides is 4. The Bertz CT molecular complexity index is 1070. The van der Waals surface area contributed by atoms with Crippen LogP contribution in [-0.2, 0) is 28.7 Å². The summed E-state index contributed by atoms with van der Waals surface area (Å²) in [6.45, 7) is 18.3. The Morgan fingerprint density at radius 1 is 1.07 bits per heavy atom. The van der Waals surface area contributed by atoms with Crippen molar-refractivity contribution in [3.63, 3.8) is 0 Å². The summed E-state index contributed by atoms with van der Waals surface area (Å²) in [4.78, 5) is 77.9. The molecular formula is C29H46N4O8. The van der Waals surface area contributed by atoms with Crippen LogP contribution in [0.5, 0.6) is 0 Å². The van der Waals surface area contributed by atoms with E-state index in [0.29, 0.717) is 13.0 Å². The van der Waals surface area contributed by atoms with Crippen molar-refractivity contribution in [1.82, 2.24) is 20.9 Å². The number of nitrogens with zero attached hydrogens (tertiary/aromatic N) is 1. The number of hydrogen-bond acceptors (Lipinski definition) is 7. The van der Waals surface area contributed by atoms with Gasteiger partial charge in [0.2, 0.25) is 17.6 Å². The quantitative estimate of drug-likeness (QED) is 0.201. The molecule has 12 heteroatoms. The van der Waals surface area contributed by atoms with Crippen LogP contribution in [0, 0.1) is 22.7 Å². The number of carboxylic acids is 1. The first-order valence-corrected chi connectivity index (χ1v) is 14.0. The average molecular weight is 579 g/mol. The van der Waals surface area contributed by atoms with E-state index in [1.165, 1.54) is 4.90 Å². The maximum atomic E-state index is 13.9. The second-order valence-electron chi connectivity index (χ2n) is 13.5. The van der Waals surface area contributed by atoms with Gasteiger partial charge in [0.05, 0.1) is 12.5 Å². The Labute approximate surface area is 242 Å². The van der Waals surface area contributed by atoms with Crippen LogP contribution in [0.4, 0.5) is 4.79 Å². The molecule has 0 spiro atoms. The minimum Gasteiger partial charge on any atom is -0.481 e. The second kappa shape index (κ2) is 12.6. The molecule has 2 rings (SSSR count). The molecular weight excluding hydrogens is 532 g/mol. The van der Waals surface area contributed by atoms with Gasteiger partial charge in [-0.2, -0.15) is 0 Å². The lowest BCUT2D eigenvalue weighted by atomic mass is 9.85. The third-order valence-corrected chi connectivity index (χ3v) is 7.67. The fraction of sp³-hybridized carbons (Fsp3) is 0.724. The number of ketones is 1. The summed E-state index contributed by atoms with van der Waals surface area (Å²) in [7, 11) is 0. The minimum absolute atomic E-state index is 0.0472. The fourth-order valence-corrected chi connectivity index (χ4v) is 5.39. The number of carboxylic acid groups (broad SMARTS) is 1. The average Bonchev–Trinajstić information content (AvgIpc) is 3.14. The smallest absolute Gasteiger partial charge is 0.408 e. The van der Waals surface area contributed by atoms with E-state index in [4.69, 9.17) is 9.84 Å². The predicted molar refractivity (Wildman–Crippen MR) is 151 cm³/mol. The number of hydrogen-bond donors (Lipinski definition) is 4. The standard InChI is InChI=1S/C29H46N4O8/c1-10-11-12-17(21(36)24(38)30-14-13-18(34)35)31-23(37)20-19-16(29(19,8)9)15-33(20)25(39)22(27(2,3)4)32-26(40)41-28(5,6)7/h10,16-17,19-20,22H,1,11-15H2,2-9H3,(H,30,38)(H,31,37)(H,32,40)(H,34,35)/t16-,17?,19-,20-,22+/m0/s1. The number of ether oxygens (including phenoxy) is 1. The van der Waals surface area contributed by atoms with E-state index >= 15 is 0 Å². The van der Waals surface area contributed by atoms with Gasteiger partial charge < -0.3 is 30.7 Å². The zero-order valence-electron chi connectivity index (χ0n) is 25.5. The summed E-state index contributed by atoms with van der Waals surface area (Å²) in [6.07, 6.45) is 0.877. The number of likely N-dealkylation sites (tertiary alicyclic amines) is 1. The number of rotatable bonds is 12. The molecule has 4 amide bonds. The number of piperidine rings is 1. The van der Waals surface area contributed by atoms with Gasteiger partial charge in [-0.05, 0) is 56.3 Å². The van der Waals surface area contributed by atoms with Gasteiger partial charge in [0, 0.05) is 13.1 Å². The number of allylic oxidation sites excluding steroid dienone is 1. The first-order chi connectivity index (χ1) is 18.7. The highest BCUT2D eigenvalue weighted by Crippen LogP contribution is 2.65. The van der Waals surface area contributed by atoms with Crippen LogP contribution >= 0.6 is 0 Å². The summed E-state index contributed by atoms with van der Waals surface area (Å²) in [5.41, 5.74) is -1.71. The van der Waals surface area contributed by atoms with Crippen LogP contribution in [0.15, 0.2) is 12.7 Å². The molecule has 4 N–H and O–H groups in total. The molecule has 1 saturated carbocycles. The van der Waals surface area contributed by atoms with Gasteiger partial charge in [-0.15, -0.1) is 6.58 Å². The molecule has 1 aliphatic carbocycles. The monoisotopic (exact) mass is 578 g/mol. The second-order valence-corrected chi connectivity index (χ2v) is 13.5. The lowest BCUT2D eigenvalue weighted by Crippen LogP contribution is -2.60. The molecule has 2 aliphatic rings. The summed E-state index contributed by atoms with van der Waals surface area (Å²) in [5.74, 6) is -4.17. The van der Waals surface area contributed by atoms with Crippen LogP contribution < -0.4 is 16.0 Å². The molecule has 2 fully saturated rings. The van der Waals surface area contributed by atoms with E-state index in [-0.39, 0.29) is 36.6 Å². The molecule has 1 saturated heterocycles. The number of fused-ring (bicyclic) bond motifs is 1. The molecule has 12 nitrogen and oxygen atoms in total. The van der Waals surface area contributed by atoms with Gasteiger partial charge in [0.1, 0.15) is 17.7 Å².